The molecule has 0 bridgehead atoms. The van der Waals surface area contributed by atoms with Crippen molar-refractivity contribution in [2.75, 3.05) is 31.1 Å². The van der Waals surface area contributed by atoms with Crippen LogP contribution in [-0.2, 0) is 0 Å². The van der Waals surface area contributed by atoms with Crippen LogP contribution in [0.2, 0.25) is 5.02 Å². The molecule has 5 nitrogen and oxygen atoms in total. The highest BCUT2D eigenvalue weighted by molar-refractivity contribution is 6.34. The molecule has 2 fully saturated rings. The first-order valence-electron chi connectivity index (χ1n) is 7.46. The van der Waals surface area contributed by atoms with E-state index in [9.17, 15) is 0 Å². The lowest BCUT2D eigenvalue weighted by Crippen LogP contribution is -2.55. The van der Waals surface area contributed by atoms with Crippen LogP contribution in [0.5, 0.6) is 0 Å². The number of piperazine rings is 1. The number of amidine groups is 1. The molecule has 21 heavy (non-hydrogen) atoms. The third kappa shape index (κ3) is 2.80. The Kier molecular flexibility index (Phi) is 4.22. The summed E-state index contributed by atoms with van der Waals surface area (Å²) >= 11 is 6.25. The van der Waals surface area contributed by atoms with E-state index in [1.165, 1.54) is 25.8 Å². The van der Waals surface area contributed by atoms with E-state index in [1.54, 1.807) is 6.07 Å². The zero-order valence-electron chi connectivity index (χ0n) is 12.0. The first-order valence-corrected chi connectivity index (χ1v) is 7.84. The number of hydrogen-bond donors (Lipinski definition) is 2. The minimum absolute atomic E-state index is 0.0710. The van der Waals surface area contributed by atoms with Crippen molar-refractivity contribution >= 4 is 23.1 Å². The molecule has 3 rings (SSSR count). The van der Waals surface area contributed by atoms with Crippen LogP contribution in [0.15, 0.2) is 23.4 Å². The lowest BCUT2D eigenvalue weighted by Gasteiger charge is -2.45. The van der Waals surface area contributed by atoms with Gasteiger partial charge in [0.05, 0.1) is 10.6 Å². The second-order valence-corrected chi connectivity index (χ2v) is 6.16. The Morgan fingerprint density at radius 1 is 1.29 bits per heavy atom. The number of hydrogen-bond acceptors (Lipinski definition) is 4. The summed E-state index contributed by atoms with van der Waals surface area (Å²) in [6.07, 6.45) is 3.86. The molecule has 2 aliphatic heterocycles. The maximum Gasteiger partial charge on any atom is 0.173 e. The van der Waals surface area contributed by atoms with Crippen LogP contribution in [0.1, 0.15) is 24.8 Å². The maximum absolute atomic E-state index is 9.00. The fourth-order valence-electron chi connectivity index (χ4n) is 3.45. The third-order valence-corrected chi connectivity index (χ3v) is 4.85. The van der Waals surface area contributed by atoms with Gasteiger partial charge < -0.3 is 15.8 Å². The van der Waals surface area contributed by atoms with E-state index in [0.29, 0.717) is 16.6 Å². The average molecular weight is 309 g/mol. The Bertz CT molecular complexity index is 548. The van der Waals surface area contributed by atoms with Gasteiger partial charge in [0.1, 0.15) is 0 Å². The molecular weight excluding hydrogens is 288 g/mol. The fraction of sp³-hybridized carbons (Fsp3) is 0.533. The Morgan fingerprint density at radius 2 is 2.14 bits per heavy atom. The van der Waals surface area contributed by atoms with Gasteiger partial charge in [0.25, 0.3) is 0 Å². The van der Waals surface area contributed by atoms with Gasteiger partial charge in [-0.3, -0.25) is 4.90 Å². The quantitative estimate of drug-likeness (QED) is 0.380. The van der Waals surface area contributed by atoms with Gasteiger partial charge in [0.15, 0.2) is 5.84 Å². The van der Waals surface area contributed by atoms with Gasteiger partial charge in [-0.05, 0) is 31.5 Å². The highest BCUT2D eigenvalue weighted by Gasteiger charge is 2.30. The standard InChI is InChI=1S/C15H21ClN4O/c16-12-5-3-6-13(14(12)15(17)18-21)20-9-8-19-7-2-1-4-11(19)10-20/h3,5-6,11,21H,1-2,4,7-10H2,(H2,17,18). The predicted molar refractivity (Wildman–Crippen MR) is 85.4 cm³/mol. The lowest BCUT2D eigenvalue weighted by molar-refractivity contribution is 0.133. The number of rotatable bonds is 2. The van der Waals surface area contributed by atoms with E-state index in [1.807, 2.05) is 12.1 Å². The first-order chi connectivity index (χ1) is 10.2. The summed E-state index contributed by atoms with van der Waals surface area (Å²) < 4.78 is 0. The van der Waals surface area contributed by atoms with Crippen LogP contribution < -0.4 is 10.6 Å². The highest BCUT2D eigenvalue weighted by atomic mass is 35.5. The average Bonchev–Trinajstić information content (AvgIpc) is 2.53. The molecule has 0 amide bonds. The molecule has 2 saturated heterocycles. The van der Waals surface area contributed by atoms with Crippen molar-refractivity contribution in [1.82, 2.24) is 4.90 Å². The Labute approximate surface area is 130 Å². The zero-order valence-corrected chi connectivity index (χ0v) is 12.8. The van der Waals surface area contributed by atoms with Crippen molar-refractivity contribution in [3.05, 3.63) is 28.8 Å². The summed E-state index contributed by atoms with van der Waals surface area (Å²) in [5.74, 6) is 0.0710. The van der Waals surface area contributed by atoms with Crippen LogP contribution in [0.4, 0.5) is 5.69 Å². The fourth-order valence-corrected chi connectivity index (χ4v) is 3.72. The SMILES string of the molecule is N/C(=N/O)c1c(Cl)cccc1N1CCN2CCCCC2C1. The maximum atomic E-state index is 9.00. The van der Waals surface area contributed by atoms with Crippen LogP contribution in [-0.4, -0.2) is 48.2 Å². The largest absolute Gasteiger partial charge is 0.409 e. The summed E-state index contributed by atoms with van der Waals surface area (Å²) in [5.41, 5.74) is 7.40. The summed E-state index contributed by atoms with van der Waals surface area (Å²) in [7, 11) is 0. The van der Waals surface area contributed by atoms with E-state index in [0.717, 1.165) is 25.3 Å². The number of piperidine rings is 1. The van der Waals surface area contributed by atoms with Crippen molar-refractivity contribution in [1.29, 1.82) is 0 Å². The number of halogens is 1. The molecular formula is C15H21ClN4O. The van der Waals surface area contributed by atoms with Gasteiger partial charge in [-0.25, -0.2) is 0 Å². The normalized spacial score (nSPS) is 24.0. The number of nitrogens with two attached hydrogens (primary N) is 1. The van der Waals surface area contributed by atoms with Crippen molar-refractivity contribution < 1.29 is 5.21 Å². The highest BCUT2D eigenvalue weighted by Crippen LogP contribution is 2.31. The van der Waals surface area contributed by atoms with Crippen molar-refractivity contribution in [2.45, 2.75) is 25.3 Å². The minimum atomic E-state index is 0.0710. The molecule has 1 atom stereocenters. The summed E-state index contributed by atoms with van der Waals surface area (Å²) in [6.45, 7) is 4.20. The molecule has 2 aliphatic rings. The van der Waals surface area contributed by atoms with Gasteiger partial charge in [-0.1, -0.05) is 29.2 Å². The number of oxime groups is 1. The van der Waals surface area contributed by atoms with Crippen molar-refractivity contribution in [3.63, 3.8) is 0 Å². The number of benzene rings is 1. The number of anilines is 1. The molecule has 1 aromatic rings. The summed E-state index contributed by atoms with van der Waals surface area (Å²) in [6, 6.07) is 6.29. The molecule has 0 aliphatic carbocycles. The van der Waals surface area contributed by atoms with Gasteiger partial charge in [0, 0.05) is 31.4 Å². The molecule has 0 aromatic heterocycles. The van der Waals surface area contributed by atoms with Gasteiger partial charge in [-0.15, -0.1) is 0 Å². The van der Waals surface area contributed by atoms with E-state index in [4.69, 9.17) is 22.5 Å². The Balaban J connectivity index is 1.89. The summed E-state index contributed by atoms with van der Waals surface area (Å²) in [5, 5.41) is 12.7. The van der Waals surface area contributed by atoms with Crippen molar-refractivity contribution in [3.8, 4) is 0 Å². The zero-order chi connectivity index (χ0) is 14.8. The number of fused-ring (bicyclic) bond motifs is 1. The Hall–Kier alpha value is -1.46. The molecule has 2 heterocycles. The molecule has 1 unspecified atom stereocenters. The first kappa shape index (κ1) is 14.5. The smallest absolute Gasteiger partial charge is 0.173 e. The van der Waals surface area contributed by atoms with Crippen LogP contribution in [0, 0.1) is 0 Å². The van der Waals surface area contributed by atoms with E-state index < -0.39 is 0 Å². The third-order valence-electron chi connectivity index (χ3n) is 4.53. The van der Waals surface area contributed by atoms with Gasteiger partial charge in [0.2, 0.25) is 0 Å². The summed E-state index contributed by atoms with van der Waals surface area (Å²) in [4.78, 5) is 4.89. The van der Waals surface area contributed by atoms with Gasteiger partial charge >= 0.3 is 0 Å². The predicted octanol–water partition coefficient (Wildman–Crippen LogP) is 2.11. The lowest BCUT2D eigenvalue weighted by atomic mass is 9.98. The van der Waals surface area contributed by atoms with Gasteiger partial charge in [-0.2, -0.15) is 0 Å². The minimum Gasteiger partial charge on any atom is -0.409 e. The van der Waals surface area contributed by atoms with Crippen LogP contribution in [0.3, 0.4) is 0 Å². The topological polar surface area (TPSA) is 65.1 Å². The van der Waals surface area contributed by atoms with Crippen LogP contribution >= 0.6 is 11.6 Å². The second-order valence-electron chi connectivity index (χ2n) is 5.75. The molecule has 0 radical (unpaired) electrons. The molecule has 6 heteroatoms. The molecule has 0 saturated carbocycles. The Morgan fingerprint density at radius 3 is 2.95 bits per heavy atom. The van der Waals surface area contributed by atoms with Crippen LogP contribution in [0.25, 0.3) is 0 Å². The molecule has 0 spiro atoms. The van der Waals surface area contributed by atoms with E-state index in [-0.39, 0.29) is 5.84 Å². The van der Waals surface area contributed by atoms with Crippen molar-refractivity contribution in [2.24, 2.45) is 10.9 Å². The number of nitrogens with zero attached hydrogens (tertiary/aromatic N) is 3. The molecule has 1 aromatic carbocycles. The van der Waals surface area contributed by atoms with E-state index in [2.05, 4.69) is 15.0 Å². The molecule has 114 valence electrons. The monoisotopic (exact) mass is 308 g/mol. The molecule has 3 N–H and O–H groups in total. The van der Waals surface area contributed by atoms with E-state index >= 15 is 0 Å². The second kappa shape index (κ2) is 6.12.